The molecule has 0 aliphatic carbocycles. The van der Waals surface area contributed by atoms with Gasteiger partial charge in [-0.2, -0.15) is 0 Å². The van der Waals surface area contributed by atoms with Crippen LogP contribution >= 0.6 is 0 Å². The van der Waals surface area contributed by atoms with Crippen LogP contribution in [-0.4, -0.2) is 69.0 Å². The van der Waals surface area contributed by atoms with Gasteiger partial charge in [0, 0.05) is 29.9 Å². The van der Waals surface area contributed by atoms with Crippen molar-refractivity contribution in [3.63, 3.8) is 0 Å². The lowest BCUT2D eigenvalue weighted by Crippen LogP contribution is -2.58. The summed E-state index contributed by atoms with van der Waals surface area (Å²) in [6.07, 6.45) is 1.23. The molecule has 1 heterocycles. The van der Waals surface area contributed by atoms with Crippen LogP contribution in [0.4, 0.5) is 0 Å². The van der Waals surface area contributed by atoms with Crippen LogP contribution in [0.5, 0.6) is 0 Å². The van der Waals surface area contributed by atoms with Gasteiger partial charge in [0.1, 0.15) is 18.1 Å². The van der Waals surface area contributed by atoms with E-state index in [9.17, 15) is 34.2 Å². The highest BCUT2D eigenvalue weighted by Crippen LogP contribution is 2.19. The molecular weight excluding hydrogens is 542 g/mol. The Morgan fingerprint density at radius 2 is 1.43 bits per heavy atom. The summed E-state index contributed by atoms with van der Waals surface area (Å²) in [4.78, 5) is 65.9. The number of nitrogens with one attached hydrogen (secondary N) is 4. The zero-order valence-electron chi connectivity index (χ0n) is 23.5. The quantitative estimate of drug-likeness (QED) is 0.140. The number of aliphatic carboxylic acids is 2. The fourth-order valence-electron chi connectivity index (χ4n) is 4.55. The van der Waals surface area contributed by atoms with Crippen LogP contribution in [0.15, 0.2) is 60.8 Å². The van der Waals surface area contributed by atoms with Gasteiger partial charge in [0.15, 0.2) is 0 Å². The summed E-state index contributed by atoms with van der Waals surface area (Å²) < 4.78 is 0. The summed E-state index contributed by atoms with van der Waals surface area (Å²) in [5.41, 5.74) is 8.55. The Labute approximate surface area is 243 Å². The second kappa shape index (κ2) is 14.8. The maximum Gasteiger partial charge on any atom is 0.326 e. The zero-order chi connectivity index (χ0) is 30.8. The predicted octanol–water partition coefficient (Wildman–Crippen LogP) is 1.34. The number of carbonyl (C=O) groups excluding carboxylic acids is 3. The summed E-state index contributed by atoms with van der Waals surface area (Å²) in [5.74, 6) is -5.11. The molecule has 4 unspecified atom stereocenters. The molecule has 0 aliphatic heterocycles. The molecule has 3 amide bonds. The molecule has 12 nitrogen and oxygen atoms in total. The van der Waals surface area contributed by atoms with Crippen LogP contribution in [-0.2, 0) is 36.8 Å². The molecule has 0 fully saturated rings. The minimum atomic E-state index is -1.37. The van der Waals surface area contributed by atoms with Crippen LogP contribution in [0.2, 0.25) is 0 Å². The third kappa shape index (κ3) is 8.90. The van der Waals surface area contributed by atoms with Crippen molar-refractivity contribution < 1.29 is 34.2 Å². The number of fused-ring (bicyclic) bond motifs is 1. The number of H-pyrrole nitrogens is 1. The number of amides is 3. The van der Waals surface area contributed by atoms with E-state index in [2.05, 4.69) is 20.9 Å². The van der Waals surface area contributed by atoms with Crippen LogP contribution in [0.1, 0.15) is 37.8 Å². The van der Waals surface area contributed by atoms with Crippen molar-refractivity contribution in [1.29, 1.82) is 0 Å². The topological polar surface area (TPSA) is 204 Å². The zero-order valence-corrected chi connectivity index (χ0v) is 23.5. The van der Waals surface area contributed by atoms with Gasteiger partial charge >= 0.3 is 11.9 Å². The molecule has 12 heteroatoms. The van der Waals surface area contributed by atoms with Crippen LogP contribution in [0, 0.1) is 5.92 Å². The Balaban J connectivity index is 1.85. The number of hydrogen-bond donors (Lipinski definition) is 7. The standard InChI is InChI=1S/C30H37N5O7/c1-17(2)26(30(41)42)35-28(39)23(12-13-25(36)37)33-29(40)24(15-19-16-32-22-11-7-6-10-20(19)22)34-27(38)21(31)14-18-8-4-3-5-9-18/h3-11,16-17,21,23-24,26,32H,12-15,31H2,1-2H3,(H,33,40)(H,34,38)(H,35,39)(H,36,37)(H,41,42). The molecule has 3 aromatic rings. The van der Waals surface area contributed by atoms with E-state index in [-0.39, 0.29) is 19.3 Å². The molecule has 8 N–H and O–H groups in total. The second-order valence-corrected chi connectivity index (χ2v) is 10.5. The number of benzene rings is 2. The van der Waals surface area contributed by atoms with Crippen molar-refractivity contribution in [2.75, 3.05) is 0 Å². The van der Waals surface area contributed by atoms with E-state index in [0.29, 0.717) is 0 Å². The molecule has 1 aromatic heterocycles. The summed E-state index contributed by atoms with van der Waals surface area (Å²) >= 11 is 0. The first-order valence-corrected chi connectivity index (χ1v) is 13.7. The number of nitrogens with two attached hydrogens (primary N) is 1. The van der Waals surface area contributed by atoms with Crippen molar-refractivity contribution in [2.45, 2.75) is 63.7 Å². The number of aromatic amines is 1. The van der Waals surface area contributed by atoms with Gasteiger partial charge in [0.25, 0.3) is 0 Å². The van der Waals surface area contributed by atoms with Crippen molar-refractivity contribution in [3.05, 3.63) is 71.9 Å². The Morgan fingerprint density at radius 3 is 2.07 bits per heavy atom. The van der Waals surface area contributed by atoms with Gasteiger partial charge in [-0.3, -0.25) is 19.2 Å². The lowest BCUT2D eigenvalue weighted by atomic mass is 10.0. The second-order valence-electron chi connectivity index (χ2n) is 10.5. The monoisotopic (exact) mass is 579 g/mol. The molecule has 0 spiro atoms. The maximum atomic E-state index is 13.6. The summed E-state index contributed by atoms with van der Waals surface area (Å²) in [6.45, 7) is 3.21. The van der Waals surface area contributed by atoms with Crippen molar-refractivity contribution >= 4 is 40.6 Å². The highest BCUT2D eigenvalue weighted by atomic mass is 16.4. The van der Waals surface area contributed by atoms with E-state index in [1.165, 1.54) is 0 Å². The van der Waals surface area contributed by atoms with Gasteiger partial charge in [-0.05, 0) is 36.0 Å². The minimum absolute atomic E-state index is 0.0384. The summed E-state index contributed by atoms with van der Waals surface area (Å²) in [7, 11) is 0. The maximum absolute atomic E-state index is 13.6. The van der Waals surface area contributed by atoms with E-state index in [4.69, 9.17) is 5.73 Å². The number of aromatic nitrogens is 1. The lowest BCUT2D eigenvalue weighted by molar-refractivity contribution is -0.144. The normalized spacial score (nSPS) is 14.0. The van der Waals surface area contributed by atoms with E-state index in [1.807, 2.05) is 54.6 Å². The minimum Gasteiger partial charge on any atom is -0.481 e. The molecule has 0 saturated carbocycles. The smallest absolute Gasteiger partial charge is 0.326 e. The van der Waals surface area contributed by atoms with E-state index < -0.39 is 66.2 Å². The largest absolute Gasteiger partial charge is 0.481 e. The van der Waals surface area contributed by atoms with Gasteiger partial charge in [-0.1, -0.05) is 62.4 Å². The molecule has 2 aromatic carbocycles. The molecule has 42 heavy (non-hydrogen) atoms. The predicted molar refractivity (Wildman–Crippen MR) is 155 cm³/mol. The van der Waals surface area contributed by atoms with E-state index >= 15 is 0 Å². The van der Waals surface area contributed by atoms with Gasteiger partial charge in [0.05, 0.1) is 6.04 Å². The first-order chi connectivity index (χ1) is 20.0. The number of hydrogen-bond acceptors (Lipinski definition) is 6. The van der Waals surface area contributed by atoms with Gasteiger partial charge in [-0.15, -0.1) is 0 Å². The Kier molecular flexibility index (Phi) is 11.2. The van der Waals surface area contributed by atoms with Crippen LogP contribution in [0.3, 0.4) is 0 Å². The average Bonchev–Trinajstić information content (AvgIpc) is 3.36. The average molecular weight is 580 g/mol. The Morgan fingerprint density at radius 1 is 0.810 bits per heavy atom. The molecule has 0 bridgehead atoms. The van der Waals surface area contributed by atoms with Crippen molar-refractivity contribution in [2.24, 2.45) is 11.7 Å². The molecule has 4 atom stereocenters. The third-order valence-corrected chi connectivity index (χ3v) is 6.88. The SMILES string of the molecule is CC(C)C(NC(=O)C(CCC(=O)O)NC(=O)C(Cc1c[nH]c2ccccc12)NC(=O)C(N)Cc1ccccc1)C(=O)O. The summed E-state index contributed by atoms with van der Waals surface area (Å²) in [5, 5.41) is 27.1. The first kappa shape index (κ1) is 31.8. The number of rotatable bonds is 15. The number of para-hydroxylation sites is 1. The third-order valence-electron chi connectivity index (χ3n) is 6.88. The lowest BCUT2D eigenvalue weighted by Gasteiger charge is -2.26. The molecule has 3 rings (SSSR count). The Hall–Kier alpha value is -4.71. The van der Waals surface area contributed by atoms with Crippen molar-refractivity contribution in [1.82, 2.24) is 20.9 Å². The highest BCUT2D eigenvalue weighted by molar-refractivity contribution is 5.95. The molecule has 0 saturated heterocycles. The van der Waals surface area contributed by atoms with Gasteiger partial charge < -0.3 is 36.9 Å². The number of carboxylic acids is 2. The fraction of sp³-hybridized carbons (Fsp3) is 0.367. The number of carbonyl (C=O) groups is 5. The van der Waals surface area contributed by atoms with Gasteiger partial charge in [0.2, 0.25) is 17.7 Å². The van der Waals surface area contributed by atoms with E-state index in [0.717, 1.165) is 22.0 Å². The molecule has 0 aliphatic rings. The first-order valence-electron chi connectivity index (χ1n) is 13.7. The molecular formula is C30H37N5O7. The highest BCUT2D eigenvalue weighted by Gasteiger charge is 2.32. The molecule has 0 radical (unpaired) electrons. The van der Waals surface area contributed by atoms with Crippen LogP contribution < -0.4 is 21.7 Å². The van der Waals surface area contributed by atoms with E-state index in [1.54, 1.807) is 20.0 Å². The number of carboxylic acid groups (broad SMARTS) is 2. The van der Waals surface area contributed by atoms with Gasteiger partial charge in [-0.25, -0.2) is 4.79 Å². The van der Waals surface area contributed by atoms with Crippen LogP contribution in [0.25, 0.3) is 10.9 Å². The van der Waals surface area contributed by atoms with Crippen molar-refractivity contribution in [3.8, 4) is 0 Å². The Bertz CT molecular complexity index is 1410. The fourth-order valence-corrected chi connectivity index (χ4v) is 4.55. The molecule has 224 valence electrons. The summed E-state index contributed by atoms with van der Waals surface area (Å²) in [6, 6.07) is 11.8.